The Kier molecular flexibility index (Phi) is 4.11. The summed E-state index contributed by atoms with van der Waals surface area (Å²) in [6.07, 6.45) is 0. The van der Waals surface area contributed by atoms with Crippen LogP contribution in [0.15, 0.2) is 109 Å². The number of benzene rings is 6. The zero-order valence-corrected chi connectivity index (χ0v) is 21.3. The van der Waals surface area contributed by atoms with Crippen molar-refractivity contribution in [1.82, 2.24) is 14.5 Å². The Morgan fingerprint density at radius 3 is 2.00 bits per heavy atom. The van der Waals surface area contributed by atoms with Crippen molar-refractivity contribution in [2.24, 2.45) is 0 Å². The molecule has 0 aliphatic rings. The van der Waals surface area contributed by atoms with Crippen LogP contribution in [-0.4, -0.2) is 14.5 Å². The molecule has 0 atom stereocenters. The molecule has 0 saturated carbocycles. The van der Waals surface area contributed by atoms with E-state index in [1.807, 2.05) is 22.8 Å². The van der Waals surface area contributed by atoms with Crippen molar-refractivity contribution in [2.45, 2.75) is 0 Å². The molecule has 3 aromatic heterocycles. The summed E-state index contributed by atoms with van der Waals surface area (Å²) in [7, 11) is 0. The molecule has 0 spiro atoms. The number of fused-ring (bicyclic) bond motifs is 11. The van der Waals surface area contributed by atoms with Crippen molar-refractivity contribution < 1.29 is 4.39 Å². The number of rotatable bonds is 1. The van der Waals surface area contributed by atoms with E-state index in [9.17, 15) is 0 Å². The molecule has 3 nitrogen and oxygen atoms in total. The first-order valence-corrected chi connectivity index (χ1v) is 13.7. The van der Waals surface area contributed by atoms with E-state index in [0.29, 0.717) is 11.0 Å². The lowest BCUT2D eigenvalue weighted by Gasteiger charge is -2.09. The molecule has 0 radical (unpaired) electrons. The zero-order valence-electron chi connectivity index (χ0n) is 20.5. The predicted octanol–water partition coefficient (Wildman–Crippen LogP) is 9.54. The van der Waals surface area contributed by atoms with Gasteiger partial charge in [0.25, 0.3) is 5.95 Å². The fourth-order valence-corrected chi connectivity index (χ4v) is 7.31. The molecular formula is C34H18FN3S. The van der Waals surface area contributed by atoms with Crippen LogP contribution in [0.1, 0.15) is 0 Å². The third-order valence-electron chi connectivity index (χ3n) is 7.86. The van der Waals surface area contributed by atoms with Crippen molar-refractivity contribution in [3.05, 3.63) is 115 Å². The highest BCUT2D eigenvalue weighted by Gasteiger charge is 2.21. The van der Waals surface area contributed by atoms with Crippen molar-refractivity contribution >= 4 is 85.9 Å². The number of nitrogens with zero attached hydrogens (tertiary/aromatic N) is 3. The van der Waals surface area contributed by atoms with Crippen LogP contribution in [-0.2, 0) is 0 Å². The molecule has 0 fully saturated rings. The van der Waals surface area contributed by atoms with Crippen molar-refractivity contribution in [1.29, 1.82) is 0 Å². The summed E-state index contributed by atoms with van der Waals surface area (Å²) >= 11 is 1.80. The molecule has 9 aromatic rings. The van der Waals surface area contributed by atoms with Crippen LogP contribution < -0.4 is 0 Å². The lowest BCUT2D eigenvalue weighted by Crippen LogP contribution is -2.04. The number of hydrogen-bond acceptors (Lipinski definition) is 3. The van der Waals surface area contributed by atoms with Crippen LogP contribution in [0.3, 0.4) is 0 Å². The van der Waals surface area contributed by atoms with Crippen LogP contribution in [0.25, 0.3) is 80.4 Å². The molecule has 6 aromatic carbocycles. The van der Waals surface area contributed by atoms with Gasteiger partial charge in [0.2, 0.25) is 0 Å². The van der Waals surface area contributed by atoms with Gasteiger partial charge >= 0.3 is 0 Å². The Hall–Kier alpha value is -4.87. The minimum Gasteiger partial charge on any atom is -0.290 e. The van der Waals surface area contributed by atoms with Crippen LogP contribution in [0.2, 0.25) is 0 Å². The second kappa shape index (κ2) is 7.59. The second-order valence-corrected chi connectivity index (χ2v) is 11.1. The van der Waals surface area contributed by atoms with E-state index in [0.717, 1.165) is 32.6 Å². The Morgan fingerprint density at radius 1 is 0.538 bits per heavy atom. The van der Waals surface area contributed by atoms with Gasteiger partial charge in [-0.2, -0.15) is 4.39 Å². The van der Waals surface area contributed by atoms with Gasteiger partial charge < -0.3 is 0 Å². The minimum absolute atomic E-state index is 0.215. The third-order valence-corrected chi connectivity index (χ3v) is 8.98. The summed E-state index contributed by atoms with van der Waals surface area (Å²) in [5.41, 5.74) is 3.05. The summed E-state index contributed by atoms with van der Waals surface area (Å²) in [5.74, 6) is -0.367. The maximum absolute atomic E-state index is 15.8. The highest BCUT2D eigenvalue weighted by molar-refractivity contribution is 7.26. The van der Waals surface area contributed by atoms with E-state index in [1.165, 1.54) is 30.9 Å². The van der Waals surface area contributed by atoms with Gasteiger partial charge in [-0.15, -0.1) is 11.3 Å². The lowest BCUT2D eigenvalue weighted by atomic mass is 10.0. The SMILES string of the molecule is Fc1nc2ccccc2nc1-n1c2cc3c(cc2c2c4ccccc4ccc21)sc1ccc2ccccc2c13. The number of aromatic nitrogens is 3. The average molecular weight is 520 g/mol. The van der Waals surface area contributed by atoms with Gasteiger partial charge in [-0.25, -0.2) is 9.97 Å². The van der Waals surface area contributed by atoms with Gasteiger partial charge in [0.15, 0.2) is 5.82 Å². The number of hydrogen-bond donors (Lipinski definition) is 0. The Bertz CT molecular complexity index is 2470. The van der Waals surface area contributed by atoms with Crippen LogP contribution in [0.4, 0.5) is 4.39 Å². The van der Waals surface area contributed by atoms with Gasteiger partial charge in [-0.3, -0.25) is 4.57 Å². The first-order valence-electron chi connectivity index (χ1n) is 12.9. The smallest absolute Gasteiger partial charge is 0.257 e. The molecule has 0 bridgehead atoms. The molecule has 5 heteroatoms. The standard InChI is InChI=1S/C34H18FN3S/c35-33-34(37-26-12-6-5-11-25(26)36-33)38-27-15-13-19-7-1-3-9-21(19)31(27)23-18-30-24(17-28(23)38)32-22-10-4-2-8-20(22)14-16-29(32)39-30/h1-18H. The third kappa shape index (κ3) is 2.85. The summed E-state index contributed by atoms with van der Waals surface area (Å²) in [5, 5.41) is 9.31. The largest absolute Gasteiger partial charge is 0.290 e. The number of thiophene rings is 1. The molecule has 39 heavy (non-hydrogen) atoms. The van der Waals surface area contributed by atoms with E-state index in [4.69, 9.17) is 4.98 Å². The van der Waals surface area contributed by atoms with E-state index in [2.05, 4.69) is 89.9 Å². The molecule has 9 rings (SSSR count). The highest BCUT2D eigenvalue weighted by Crippen LogP contribution is 2.44. The van der Waals surface area contributed by atoms with Gasteiger partial charge in [-0.05, 0) is 57.9 Å². The van der Waals surface area contributed by atoms with Gasteiger partial charge in [-0.1, -0.05) is 72.8 Å². The molecule has 0 unspecified atom stereocenters. The Balaban J connectivity index is 1.52. The first-order chi connectivity index (χ1) is 19.2. The molecule has 0 N–H and O–H groups in total. The van der Waals surface area contributed by atoms with E-state index in [-0.39, 0.29) is 5.82 Å². The zero-order chi connectivity index (χ0) is 25.7. The normalized spacial score (nSPS) is 12.2. The summed E-state index contributed by atoms with van der Waals surface area (Å²) in [6.45, 7) is 0. The molecule has 0 aliphatic heterocycles. The van der Waals surface area contributed by atoms with Crippen molar-refractivity contribution in [3.63, 3.8) is 0 Å². The molecule has 0 saturated heterocycles. The highest BCUT2D eigenvalue weighted by atomic mass is 32.1. The van der Waals surface area contributed by atoms with E-state index in [1.54, 1.807) is 17.4 Å². The molecule has 182 valence electrons. The van der Waals surface area contributed by atoms with Gasteiger partial charge in [0, 0.05) is 30.9 Å². The van der Waals surface area contributed by atoms with Crippen molar-refractivity contribution in [2.75, 3.05) is 0 Å². The molecule has 0 aliphatic carbocycles. The van der Waals surface area contributed by atoms with E-state index < -0.39 is 5.95 Å². The summed E-state index contributed by atoms with van der Waals surface area (Å²) < 4.78 is 20.2. The van der Waals surface area contributed by atoms with Gasteiger partial charge in [0.1, 0.15) is 0 Å². The summed E-state index contributed by atoms with van der Waals surface area (Å²) in [4.78, 5) is 9.11. The summed E-state index contributed by atoms with van der Waals surface area (Å²) in [6, 6.07) is 37.4. The Morgan fingerprint density at radius 2 is 1.21 bits per heavy atom. The number of halogens is 1. The first kappa shape index (κ1) is 21.1. The topological polar surface area (TPSA) is 30.7 Å². The maximum atomic E-state index is 15.8. The van der Waals surface area contributed by atoms with Gasteiger partial charge in [0.05, 0.1) is 22.1 Å². The second-order valence-electron chi connectivity index (χ2n) is 9.97. The minimum atomic E-state index is -0.582. The molecular weight excluding hydrogens is 501 g/mol. The van der Waals surface area contributed by atoms with Crippen LogP contribution in [0.5, 0.6) is 0 Å². The van der Waals surface area contributed by atoms with Crippen LogP contribution >= 0.6 is 11.3 Å². The molecule has 0 amide bonds. The fourth-order valence-electron chi connectivity index (χ4n) is 6.17. The monoisotopic (exact) mass is 519 g/mol. The Labute approximate surface area is 225 Å². The van der Waals surface area contributed by atoms with Crippen molar-refractivity contribution in [3.8, 4) is 5.82 Å². The number of para-hydroxylation sites is 2. The molecule has 3 heterocycles. The lowest BCUT2D eigenvalue weighted by molar-refractivity contribution is 0.576. The van der Waals surface area contributed by atoms with E-state index >= 15 is 4.39 Å². The quantitative estimate of drug-likeness (QED) is 0.216. The predicted molar refractivity (Wildman–Crippen MR) is 162 cm³/mol. The maximum Gasteiger partial charge on any atom is 0.257 e. The van der Waals surface area contributed by atoms with Crippen LogP contribution in [0, 0.1) is 5.95 Å². The fraction of sp³-hybridized carbons (Fsp3) is 0. The average Bonchev–Trinajstić information content (AvgIpc) is 3.50.